The standard InChI is InChI=1S/C17H21N3/c1-18-12-13-20(14-6-3-2-4-7-14)17-9-5-8-16-15(17)10-11-19-16/h2-9,18-19H,10-13H2,1H3. The molecule has 0 aliphatic carbocycles. The van der Waals surface area contributed by atoms with E-state index in [2.05, 4.69) is 64.1 Å². The third-order valence-electron chi connectivity index (χ3n) is 3.79. The van der Waals surface area contributed by atoms with Gasteiger partial charge in [0.25, 0.3) is 0 Å². The molecule has 1 heterocycles. The monoisotopic (exact) mass is 267 g/mol. The lowest BCUT2D eigenvalue weighted by atomic mass is 10.1. The van der Waals surface area contributed by atoms with Crippen molar-refractivity contribution in [1.29, 1.82) is 0 Å². The van der Waals surface area contributed by atoms with Gasteiger partial charge in [0.2, 0.25) is 0 Å². The second-order valence-electron chi connectivity index (χ2n) is 5.07. The summed E-state index contributed by atoms with van der Waals surface area (Å²) in [6.45, 7) is 2.98. The highest BCUT2D eigenvalue weighted by Crippen LogP contribution is 2.35. The van der Waals surface area contributed by atoms with Gasteiger partial charge in [0.15, 0.2) is 0 Å². The van der Waals surface area contributed by atoms with Gasteiger partial charge < -0.3 is 15.5 Å². The van der Waals surface area contributed by atoms with Gasteiger partial charge in [-0.25, -0.2) is 0 Å². The lowest BCUT2D eigenvalue weighted by Gasteiger charge is -2.27. The molecule has 0 bridgehead atoms. The van der Waals surface area contributed by atoms with E-state index in [0.717, 1.165) is 26.1 Å². The van der Waals surface area contributed by atoms with Gasteiger partial charge in [-0.3, -0.25) is 0 Å². The fourth-order valence-corrected chi connectivity index (χ4v) is 2.80. The van der Waals surface area contributed by atoms with Gasteiger partial charge in [-0.15, -0.1) is 0 Å². The average Bonchev–Trinajstić information content (AvgIpc) is 2.98. The number of anilines is 3. The number of likely N-dealkylation sites (N-methyl/N-ethyl adjacent to an activating group) is 1. The molecule has 0 radical (unpaired) electrons. The number of nitrogens with one attached hydrogen (secondary N) is 2. The molecule has 2 aromatic carbocycles. The first-order chi connectivity index (χ1) is 9.90. The highest BCUT2D eigenvalue weighted by atomic mass is 15.2. The Morgan fingerprint density at radius 2 is 1.95 bits per heavy atom. The van der Waals surface area contributed by atoms with Gasteiger partial charge in [0.1, 0.15) is 0 Å². The molecule has 0 saturated carbocycles. The van der Waals surface area contributed by atoms with E-state index >= 15 is 0 Å². The van der Waals surface area contributed by atoms with Crippen LogP contribution in [0, 0.1) is 0 Å². The third kappa shape index (κ3) is 2.49. The maximum Gasteiger partial charge on any atom is 0.0465 e. The molecule has 104 valence electrons. The predicted octanol–water partition coefficient (Wildman–Crippen LogP) is 3.01. The maximum absolute atomic E-state index is 3.46. The number of para-hydroxylation sites is 1. The number of nitrogens with zero attached hydrogens (tertiary/aromatic N) is 1. The van der Waals surface area contributed by atoms with Crippen LogP contribution in [-0.4, -0.2) is 26.7 Å². The fourth-order valence-electron chi connectivity index (χ4n) is 2.80. The van der Waals surface area contributed by atoms with Crippen molar-refractivity contribution in [3.05, 3.63) is 54.1 Å². The Kier molecular flexibility index (Phi) is 3.88. The Hall–Kier alpha value is -2.00. The van der Waals surface area contributed by atoms with Crippen molar-refractivity contribution in [1.82, 2.24) is 5.32 Å². The topological polar surface area (TPSA) is 27.3 Å². The van der Waals surface area contributed by atoms with Crippen molar-refractivity contribution in [3.8, 4) is 0 Å². The first-order valence-electron chi connectivity index (χ1n) is 7.23. The molecule has 0 spiro atoms. The van der Waals surface area contributed by atoms with Crippen LogP contribution in [-0.2, 0) is 6.42 Å². The van der Waals surface area contributed by atoms with Crippen molar-refractivity contribution in [2.75, 3.05) is 36.9 Å². The molecule has 0 saturated heterocycles. The van der Waals surface area contributed by atoms with Crippen molar-refractivity contribution >= 4 is 17.1 Å². The summed E-state index contributed by atoms with van der Waals surface area (Å²) in [4.78, 5) is 2.41. The molecule has 0 aromatic heterocycles. The summed E-state index contributed by atoms with van der Waals surface area (Å²) in [6, 6.07) is 17.2. The molecule has 3 rings (SSSR count). The van der Waals surface area contributed by atoms with Gasteiger partial charge in [-0.05, 0) is 37.7 Å². The van der Waals surface area contributed by atoms with Crippen LogP contribution in [0.3, 0.4) is 0 Å². The number of hydrogen-bond acceptors (Lipinski definition) is 3. The highest BCUT2D eigenvalue weighted by Gasteiger charge is 2.18. The van der Waals surface area contributed by atoms with E-state index in [1.54, 1.807) is 0 Å². The van der Waals surface area contributed by atoms with E-state index in [1.165, 1.54) is 22.6 Å². The minimum absolute atomic E-state index is 0.964. The SMILES string of the molecule is CNCCN(c1ccccc1)c1cccc2c1CCN2. The van der Waals surface area contributed by atoms with Crippen LogP contribution in [0.1, 0.15) is 5.56 Å². The molecule has 3 heteroatoms. The molecule has 2 aromatic rings. The normalized spacial score (nSPS) is 12.8. The third-order valence-corrected chi connectivity index (χ3v) is 3.79. The van der Waals surface area contributed by atoms with Crippen molar-refractivity contribution in [2.24, 2.45) is 0 Å². The van der Waals surface area contributed by atoms with Gasteiger partial charge in [0, 0.05) is 42.3 Å². The Bertz CT molecular complexity index is 566. The summed E-state index contributed by atoms with van der Waals surface area (Å²) in [6.07, 6.45) is 1.11. The zero-order valence-electron chi connectivity index (χ0n) is 11.9. The van der Waals surface area contributed by atoms with E-state index in [0.29, 0.717) is 0 Å². The van der Waals surface area contributed by atoms with E-state index < -0.39 is 0 Å². The van der Waals surface area contributed by atoms with Crippen molar-refractivity contribution in [3.63, 3.8) is 0 Å². The van der Waals surface area contributed by atoms with Crippen LogP contribution in [0.25, 0.3) is 0 Å². The quantitative estimate of drug-likeness (QED) is 0.872. The van der Waals surface area contributed by atoms with Crippen LogP contribution in [0.5, 0.6) is 0 Å². The molecule has 2 N–H and O–H groups in total. The van der Waals surface area contributed by atoms with E-state index in [9.17, 15) is 0 Å². The molecular formula is C17H21N3. The summed E-state index contributed by atoms with van der Waals surface area (Å²) in [5.74, 6) is 0. The van der Waals surface area contributed by atoms with Crippen LogP contribution in [0.2, 0.25) is 0 Å². The van der Waals surface area contributed by atoms with E-state index in [4.69, 9.17) is 0 Å². The summed E-state index contributed by atoms with van der Waals surface area (Å²) >= 11 is 0. The zero-order chi connectivity index (χ0) is 13.8. The average molecular weight is 267 g/mol. The summed E-state index contributed by atoms with van der Waals surface area (Å²) in [5, 5.41) is 6.71. The number of rotatable bonds is 5. The summed E-state index contributed by atoms with van der Waals surface area (Å²) < 4.78 is 0. The van der Waals surface area contributed by atoms with E-state index in [-0.39, 0.29) is 0 Å². The molecule has 0 atom stereocenters. The Balaban J connectivity index is 2.00. The van der Waals surface area contributed by atoms with Gasteiger partial charge >= 0.3 is 0 Å². The van der Waals surface area contributed by atoms with Crippen molar-refractivity contribution in [2.45, 2.75) is 6.42 Å². The van der Waals surface area contributed by atoms with Gasteiger partial charge in [-0.1, -0.05) is 24.3 Å². The molecule has 3 nitrogen and oxygen atoms in total. The van der Waals surface area contributed by atoms with Crippen LogP contribution >= 0.6 is 0 Å². The summed E-state index contributed by atoms with van der Waals surface area (Å²) in [7, 11) is 2.00. The predicted molar refractivity (Wildman–Crippen MR) is 86.0 cm³/mol. The Morgan fingerprint density at radius 3 is 2.75 bits per heavy atom. The van der Waals surface area contributed by atoms with Gasteiger partial charge in [0.05, 0.1) is 0 Å². The highest BCUT2D eigenvalue weighted by molar-refractivity contribution is 5.74. The number of hydrogen-bond donors (Lipinski definition) is 2. The lowest BCUT2D eigenvalue weighted by Crippen LogP contribution is -2.27. The summed E-state index contributed by atoms with van der Waals surface area (Å²) in [5.41, 5.74) is 5.30. The molecule has 0 fully saturated rings. The molecule has 1 aliphatic heterocycles. The Labute approximate surface area is 120 Å². The fraction of sp³-hybridized carbons (Fsp3) is 0.294. The second-order valence-corrected chi connectivity index (χ2v) is 5.07. The molecular weight excluding hydrogens is 246 g/mol. The molecule has 0 amide bonds. The van der Waals surface area contributed by atoms with Crippen LogP contribution in [0.4, 0.5) is 17.1 Å². The minimum atomic E-state index is 0.964. The van der Waals surface area contributed by atoms with Crippen LogP contribution in [0.15, 0.2) is 48.5 Å². The smallest absolute Gasteiger partial charge is 0.0465 e. The molecule has 20 heavy (non-hydrogen) atoms. The first-order valence-corrected chi connectivity index (χ1v) is 7.23. The zero-order valence-corrected chi connectivity index (χ0v) is 11.9. The van der Waals surface area contributed by atoms with Crippen molar-refractivity contribution < 1.29 is 0 Å². The van der Waals surface area contributed by atoms with Gasteiger partial charge in [-0.2, -0.15) is 0 Å². The molecule has 0 unspecified atom stereocenters. The van der Waals surface area contributed by atoms with Crippen LogP contribution < -0.4 is 15.5 Å². The lowest BCUT2D eigenvalue weighted by molar-refractivity contribution is 0.782. The number of fused-ring (bicyclic) bond motifs is 1. The number of benzene rings is 2. The second kappa shape index (κ2) is 5.97. The minimum Gasteiger partial charge on any atom is -0.384 e. The Morgan fingerprint density at radius 1 is 1.10 bits per heavy atom. The first kappa shape index (κ1) is 13.0. The maximum atomic E-state index is 3.46. The molecule has 1 aliphatic rings. The largest absolute Gasteiger partial charge is 0.384 e. The van der Waals surface area contributed by atoms with E-state index in [1.807, 2.05) is 7.05 Å².